The number of anilines is 3. The highest BCUT2D eigenvalue weighted by molar-refractivity contribution is 6.32. The van der Waals surface area contributed by atoms with Gasteiger partial charge >= 0.3 is 12.4 Å². The summed E-state index contributed by atoms with van der Waals surface area (Å²) in [4.78, 5) is 46.0. The lowest BCUT2D eigenvalue weighted by atomic mass is 10.1. The number of aromatic nitrogens is 1. The predicted molar refractivity (Wildman–Crippen MR) is 127 cm³/mol. The number of hydrazine groups is 1. The summed E-state index contributed by atoms with van der Waals surface area (Å²) < 4.78 is 41.4. The Bertz CT molecular complexity index is 1370. The summed E-state index contributed by atoms with van der Waals surface area (Å²) >= 11 is 0. The van der Waals surface area contributed by atoms with Crippen LogP contribution in [0.25, 0.3) is 0 Å². The molecule has 0 radical (unpaired) electrons. The Morgan fingerprint density at radius 3 is 2.38 bits per heavy atom. The van der Waals surface area contributed by atoms with Gasteiger partial charge in [0, 0.05) is 11.8 Å². The normalized spacial score (nSPS) is 20.8. The fourth-order valence-corrected chi connectivity index (χ4v) is 4.47. The molecule has 2 unspecified atom stereocenters. The molecule has 37 heavy (non-hydrogen) atoms. The van der Waals surface area contributed by atoms with E-state index in [2.05, 4.69) is 20.6 Å². The number of benzene rings is 2. The standard InChI is InChI=1S/C25H20F3N5O4/c1-15-13-24(15)22(35)32(17-7-9-18(10-8-17)37-25(26,27)28)23(36)33(24)20-11-12-29-14-19(20)30-31-21(34)16-5-3-2-4-6-16/h2-12,14-15,30H,13H2,1H3,(H,31,34). The first kappa shape index (κ1) is 24.1. The fourth-order valence-electron chi connectivity index (χ4n) is 4.47. The van der Waals surface area contributed by atoms with Crippen LogP contribution < -0.4 is 25.4 Å². The van der Waals surface area contributed by atoms with E-state index in [1.54, 1.807) is 36.4 Å². The maximum Gasteiger partial charge on any atom is 0.573 e. The SMILES string of the molecule is CC1CC12C(=O)N(c1ccc(OC(F)(F)F)cc1)C(=O)N2c1ccncc1NNC(=O)c1ccccc1. The number of alkyl halides is 3. The van der Waals surface area contributed by atoms with Gasteiger partial charge in [0.25, 0.3) is 11.8 Å². The highest BCUT2D eigenvalue weighted by Crippen LogP contribution is 2.56. The number of hydrogen-bond acceptors (Lipinski definition) is 6. The molecule has 3 aromatic rings. The molecule has 0 bridgehead atoms. The van der Waals surface area contributed by atoms with Crippen LogP contribution in [0.1, 0.15) is 23.7 Å². The molecule has 2 fully saturated rings. The van der Waals surface area contributed by atoms with E-state index in [-0.39, 0.29) is 17.3 Å². The number of ether oxygens (including phenoxy) is 1. The Morgan fingerprint density at radius 2 is 1.76 bits per heavy atom. The second-order valence-electron chi connectivity index (χ2n) is 8.67. The van der Waals surface area contributed by atoms with E-state index >= 15 is 0 Å². The lowest BCUT2D eigenvalue weighted by Crippen LogP contribution is -2.40. The predicted octanol–water partition coefficient (Wildman–Crippen LogP) is 4.49. The van der Waals surface area contributed by atoms with Gasteiger partial charge in [-0.2, -0.15) is 0 Å². The monoisotopic (exact) mass is 511 g/mol. The Hall–Kier alpha value is -4.61. The first-order chi connectivity index (χ1) is 17.6. The van der Waals surface area contributed by atoms with Gasteiger partial charge in [-0.25, -0.2) is 9.69 Å². The van der Waals surface area contributed by atoms with Gasteiger partial charge in [-0.05, 0) is 54.8 Å². The molecule has 1 spiro atoms. The summed E-state index contributed by atoms with van der Waals surface area (Å²) in [7, 11) is 0. The van der Waals surface area contributed by atoms with Crippen molar-refractivity contribution in [1.29, 1.82) is 0 Å². The molecule has 2 aromatic carbocycles. The summed E-state index contributed by atoms with van der Waals surface area (Å²) in [5, 5.41) is 0. The van der Waals surface area contributed by atoms with Gasteiger partial charge in [-0.15, -0.1) is 13.2 Å². The Kier molecular flexibility index (Phi) is 5.73. The lowest BCUT2D eigenvalue weighted by molar-refractivity contribution is -0.274. The molecule has 4 amide bonds. The quantitative estimate of drug-likeness (QED) is 0.374. The van der Waals surface area contributed by atoms with Gasteiger partial charge in [-0.3, -0.25) is 30.3 Å². The zero-order valence-electron chi connectivity index (χ0n) is 19.3. The molecule has 9 nitrogen and oxygen atoms in total. The molecule has 1 aliphatic heterocycles. The minimum absolute atomic E-state index is 0.103. The average molecular weight is 511 g/mol. The van der Waals surface area contributed by atoms with E-state index in [1.165, 1.54) is 29.4 Å². The van der Waals surface area contributed by atoms with Crippen LogP contribution in [0.3, 0.4) is 0 Å². The molecule has 12 heteroatoms. The van der Waals surface area contributed by atoms with Crippen LogP contribution in [0.5, 0.6) is 5.75 Å². The minimum Gasteiger partial charge on any atom is -0.406 e. The largest absolute Gasteiger partial charge is 0.573 e. The number of hydrogen-bond donors (Lipinski definition) is 2. The summed E-state index contributed by atoms with van der Waals surface area (Å²) in [5.74, 6) is -1.57. The second kappa shape index (κ2) is 8.80. The number of urea groups is 1. The molecule has 1 saturated carbocycles. The van der Waals surface area contributed by atoms with Crippen molar-refractivity contribution in [3.05, 3.63) is 78.6 Å². The van der Waals surface area contributed by atoms with E-state index in [9.17, 15) is 27.6 Å². The fraction of sp³-hybridized carbons (Fsp3) is 0.200. The number of carbonyl (C=O) groups excluding carboxylic acids is 3. The van der Waals surface area contributed by atoms with Crippen molar-refractivity contribution in [1.82, 2.24) is 10.4 Å². The number of nitrogens with one attached hydrogen (secondary N) is 2. The molecule has 1 saturated heterocycles. The maximum absolute atomic E-state index is 13.6. The van der Waals surface area contributed by atoms with Crippen LogP contribution in [0.4, 0.5) is 35.0 Å². The first-order valence-electron chi connectivity index (χ1n) is 11.2. The maximum atomic E-state index is 13.6. The molecule has 2 N–H and O–H groups in total. The molecule has 190 valence electrons. The number of imide groups is 1. The van der Waals surface area contributed by atoms with Gasteiger partial charge in [0.15, 0.2) is 0 Å². The van der Waals surface area contributed by atoms with Crippen LogP contribution >= 0.6 is 0 Å². The average Bonchev–Trinajstić information content (AvgIpc) is 3.49. The highest BCUT2D eigenvalue weighted by atomic mass is 19.4. The Morgan fingerprint density at radius 1 is 1.08 bits per heavy atom. The molecular formula is C25H20F3N5O4. The van der Waals surface area contributed by atoms with Gasteiger partial charge in [0.2, 0.25) is 0 Å². The van der Waals surface area contributed by atoms with Crippen molar-refractivity contribution in [3.63, 3.8) is 0 Å². The molecule has 1 aliphatic carbocycles. The van der Waals surface area contributed by atoms with Gasteiger partial charge in [0.05, 0.1) is 23.3 Å². The lowest BCUT2D eigenvalue weighted by Gasteiger charge is -2.25. The third-order valence-corrected chi connectivity index (χ3v) is 6.34. The zero-order valence-corrected chi connectivity index (χ0v) is 19.3. The van der Waals surface area contributed by atoms with E-state index in [0.29, 0.717) is 17.7 Å². The van der Waals surface area contributed by atoms with Crippen LogP contribution in [-0.2, 0) is 4.79 Å². The van der Waals surface area contributed by atoms with Gasteiger partial charge < -0.3 is 4.74 Å². The van der Waals surface area contributed by atoms with Crippen molar-refractivity contribution in [2.75, 3.05) is 15.2 Å². The molecule has 5 rings (SSSR count). The van der Waals surface area contributed by atoms with Crippen molar-refractivity contribution in [2.24, 2.45) is 5.92 Å². The molecule has 2 atom stereocenters. The highest BCUT2D eigenvalue weighted by Gasteiger charge is 2.70. The van der Waals surface area contributed by atoms with Crippen molar-refractivity contribution >= 4 is 34.9 Å². The first-order valence-corrected chi connectivity index (χ1v) is 11.2. The summed E-state index contributed by atoms with van der Waals surface area (Å²) in [5.41, 5.74) is 5.27. The third-order valence-electron chi connectivity index (χ3n) is 6.34. The zero-order chi connectivity index (χ0) is 26.4. The van der Waals surface area contributed by atoms with Crippen LogP contribution in [-0.4, -0.2) is 34.7 Å². The van der Waals surface area contributed by atoms with Crippen molar-refractivity contribution < 1.29 is 32.3 Å². The van der Waals surface area contributed by atoms with Crippen LogP contribution in [0, 0.1) is 5.92 Å². The molecule has 1 aromatic heterocycles. The van der Waals surface area contributed by atoms with E-state index in [4.69, 9.17) is 0 Å². The van der Waals surface area contributed by atoms with E-state index < -0.39 is 35.5 Å². The number of nitrogens with zero attached hydrogens (tertiary/aromatic N) is 3. The number of amides is 4. The van der Waals surface area contributed by atoms with Crippen LogP contribution in [0.15, 0.2) is 73.1 Å². The van der Waals surface area contributed by atoms with Crippen molar-refractivity contribution in [2.45, 2.75) is 25.2 Å². The summed E-state index contributed by atoms with van der Waals surface area (Å²) in [6.07, 6.45) is -1.62. The number of carbonyl (C=O) groups is 3. The summed E-state index contributed by atoms with van der Waals surface area (Å²) in [6.45, 7) is 1.83. The molecule has 2 aliphatic rings. The van der Waals surface area contributed by atoms with Gasteiger partial charge in [0.1, 0.15) is 11.3 Å². The Balaban J connectivity index is 1.43. The number of rotatable bonds is 6. The molecule has 2 heterocycles. The third kappa shape index (κ3) is 4.30. The smallest absolute Gasteiger partial charge is 0.406 e. The number of halogens is 3. The minimum atomic E-state index is -4.87. The topological polar surface area (TPSA) is 104 Å². The van der Waals surface area contributed by atoms with E-state index in [0.717, 1.165) is 17.0 Å². The van der Waals surface area contributed by atoms with Crippen molar-refractivity contribution in [3.8, 4) is 5.75 Å². The van der Waals surface area contributed by atoms with Gasteiger partial charge in [-0.1, -0.05) is 25.1 Å². The van der Waals surface area contributed by atoms with Crippen LogP contribution in [0.2, 0.25) is 0 Å². The van der Waals surface area contributed by atoms with E-state index in [1.807, 2.05) is 6.92 Å². The summed E-state index contributed by atoms with van der Waals surface area (Å²) in [6, 6.07) is 13.8. The second-order valence-corrected chi connectivity index (χ2v) is 8.67. The number of pyridine rings is 1. The Labute approximate surface area is 208 Å². The molecular weight excluding hydrogens is 491 g/mol.